The lowest BCUT2D eigenvalue weighted by molar-refractivity contribution is -0.135. The molecule has 2 aromatic carbocycles. The van der Waals surface area contributed by atoms with Gasteiger partial charge in [-0.1, -0.05) is 12.1 Å². The van der Waals surface area contributed by atoms with E-state index in [0.717, 1.165) is 45.5 Å². The van der Waals surface area contributed by atoms with Gasteiger partial charge in [-0.25, -0.2) is 4.98 Å². The van der Waals surface area contributed by atoms with E-state index < -0.39 is 0 Å². The summed E-state index contributed by atoms with van der Waals surface area (Å²) in [6.45, 7) is 0.395. The first kappa shape index (κ1) is 16.9. The summed E-state index contributed by atoms with van der Waals surface area (Å²) in [5.41, 5.74) is 3.56. The normalized spacial score (nSPS) is 16.0. The molecule has 0 bridgehead atoms. The van der Waals surface area contributed by atoms with E-state index in [4.69, 9.17) is 9.47 Å². The van der Waals surface area contributed by atoms with Gasteiger partial charge >= 0.3 is 5.97 Å². The van der Waals surface area contributed by atoms with Gasteiger partial charge in [-0.15, -0.1) is 0 Å². The lowest BCUT2D eigenvalue weighted by atomic mass is 9.85. The summed E-state index contributed by atoms with van der Waals surface area (Å²) >= 11 is 1.16. The highest BCUT2D eigenvalue weighted by molar-refractivity contribution is 7.00. The monoisotopic (exact) mass is 392 g/mol. The van der Waals surface area contributed by atoms with Gasteiger partial charge in [0.05, 0.1) is 18.1 Å². The number of hydrogen-bond donors (Lipinski definition) is 0. The van der Waals surface area contributed by atoms with Crippen LogP contribution in [0.25, 0.3) is 11.0 Å². The fourth-order valence-electron chi connectivity index (χ4n) is 3.48. The molecular weight excluding hydrogens is 376 g/mol. The molecule has 28 heavy (non-hydrogen) atoms. The summed E-state index contributed by atoms with van der Waals surface area (Å²) in [7, 11) is 1.93. The average Bonchev–Trinajstić information content (AvgIpc) is 3.34. The van der Waals surface area contributed by atoms with Crippen molar-refractivity contribution in [1.82, 2.24) is 18.3 Å². The second-order valence-corrected chi connectivity index (χ2v) is 7.18. The second-order valence-electron chi connectivity index (χ2n) is 6.65. The van der Waals surface area contributed by atoms with Gasteiger partial charge in [-0.2, -0.15) is 8.75 Å². The van der Waals surface area contributed by atoms with Crippen LogP contribution in [0.2, 0.25) is 0 Å². The highest BCUT2D eigenvalue weighted by Crippen LogP contribution is 2.42. The number of fused-ring (bicyclic) bond motifs is 3. The van der Waals surface area contributed by atoms with Crippen molar-refractivity contribution in [2.24, 2.45) is 7.05 Å². The Labute approximate surface area is 164 Å². The molecule has 0 spiro atoms. The summed E-state index contributed by atoms with van der Waals surface area (Å²) in [5, 5.41) is 0. The van der Waals surface area contributed by atoms with Gasteiger partial charge in [0.25, 0.3) is 0 Å². The number of nitrogens with zero attached hydrogens (tertiary/aromatic N) is 4. The quantitative estimate of drug-likeness (QED) is 0.391. The number of ether oxygens (including phenoxy) is 2. The van der Waals surface area contributed by atoms with Crippen molar-refractivity contribution in [3.8, 4) is 11.5 Å². The van der Waals surface area contributed by atoms with E-state index in [1.807, 2.05) is 48.1 Å². The van der Waals surface area contributed by atoms with Crippen LogP contribution in [0.3, 0.4) is 0 Å². The van der Waals surface area contributed by atoms with Crippen LogP contribution < -0.4 is 9.47 Å². The maximum Gasteiger partial charge on any atom is 0.312 e. The maximum atomic E-state index is 12.1. The molecule has 0 saturated carbocycles. The molecule has 1 aliphatic rings. The molecule has 7 nitrogen and oxygen atoms in total. The molecule has 0 aliphatic carbocycles. The minimum absolute atomic E-state index is 0.118. The van der Waals surface area contributed by atoms with E-state index in [-0.39, 0.29) is 18.3 Å². The number of aryl methyl sites for hydroxylation is 1. The van der Waals surface area contributed by atoms with Gasteiger partial charge in [0.15, 0.2) is 0 Å². The molecule has 0 fully saturated rings. The Kier molecular flexibility index (Phi) is 4.05. The van der Waals surface area contributed by atoms with E-state index in [1.165, 1.54) is 0 Å². The molecule has 4 aromatic rings. The highest BCUT2D eigenvalue weighted by atomic mass is 32.1. The van der Waals surface area contributed by atoms with Crippen LogP contribution in [0.5, 0.6) is 11.5 Å². The third-order valence-corrected chi connectivity index (χ3v) is 5.48. The Morgan fingerprint density at radius 1 is 1.21 bits per heavy atom. The molecule has 1 aliphatic heterocycles. The third kappa shape index (κ3) is 2.91. The molecule has 0 N–H and O–H groups in total. The first-order valence-corrected chi connectivity index (χ1v) is 9.57. The predicted molar refractivity (Wildman–Crippen MR) is 103 cm³/mol. The van der Waals surface area contributed by atoms with E-state index in [2.05, 4.69) is 13.7 Å². The van der Waals surface area contributed by atoms with Crippen molar-refractivity contribution in [3.63, 3.8) is 0 Å². The van der Waals surface area contributed by atoms with E-state index in [0.29, 0.717) is 12.4 Å². The molecule has 0 saturated heterocycles. The topological polar surface area (TPSA) is 79.1 Å². The smallest absolute Gasteiger partial charge is 0.312 e. The molecule has 3 heterocycles. The van der Waals surface area contributed by atoms with Crippen LogP contribution >= 0.6 is 11.7 Å². The zero-order chi connectivity index (χ0) is 19.1. The average molecular weight is 392 g/mol. The summed E-state index contributed by atoms with van der Waals surface area (Å²) in [6.07, 6.45) is 3.90. The number of hydrogen-bond acceptors (Lipinski definition) is 7. The minimum Gasteiger partial charge on any atom is -0.486 e. The summed E-state index contributed by atoms with van der Waals surface area (Å²) in [5.74, 6) is 1.81. The molecule has 5 rings (SSSR count). The summed E-state index contributed by atoms with van der Waals surface area (Å²) in [6, 6.07) is 11.4. The summed E-state index contributed by atoms with van der Waals surface area (Å²) < 4.78 is 21.9. The largest absolute Gasteiger partial charge is 0.486 e. The van der Waals surface area contributed by atoms with Crippen molar-refractivity contribution >= 4 is 28.7 Å². The van der Waals surface area contributed by atoms with Crippen LogP contribution in [-0.4, -0.2) is 24.3 Å². The Hall–Kier alpha value is -3.26. The van der Waals surface area contributed by atoms with Crippen LogP contribution in [-0.2, 0) is 18.4 Å². The third-order valence-electron chi connectivity index (χ3n) is 4.94. The van der Waals surface area contributed by atoms with Crippen molar-refractivity contribution in [3.05, 3.63) is 65.7 Å². The van der Waals surface area contributed by atoms with Crippen LogP contribution in [0.1, 0.15) is 29.3 Å². The fraction of sp³-hybridized carbons (Fsp3) is 0.200. The molecule has 2 aromatic heterocycles. The number of carbonyl (C=O) groups excluding carboxylic acids is 1. The molecule has 1 unspecified atom stereocenters. The van der Waals surface area contributed by atoms with Crippen molar-refractivity contribution < 1.29 is 14.3 Å². The Balaban J connectivity index is 1.44. The molecule has 0 amide bonds. The number of imidazole rings is 1. The lowest BCUT2D eigenvalue weighted by Crippen LogP contribution is -2.21. The van der Waals surface area contributed by atoms with Gasteiger partial charge in [-0.05, 0) is 29.8 Å². The molecular formula is C20H16N4O3S. The lowest BCUT2D eigenvalue weighted by Gasteiger charge is -2.25. The van der Waals surface area contributed by atoms with Crippen LogP contribution in [0, 0.1) is 0 Å². The van der Waals surface area contributed by atoms with Gasteiger partial charge in [0.1, 0.15) is 35.0 Å². The molecule has 0 radical (unpaired) electrons. The van der Waals surface area contributed by atoms with Gasteiger partial charge in [0.2, 0.25) is 0 Å². The number of aromatic nitrogens is 4. The molecule has 8 heteroatoms. The number of carbonyl (C=O) groups is 1. The predicted octanol–water partition coefficient (Wildman–Crippen LogP) is 3.44. The van der Waals surface area contributed by atoms with Crippen molar-refractivity contribution in [2.45, 2.75) is 18.9 Å². The highest BCUT2D eigenvalue weighted by Gasteiger charge is 2.31. The Morgan fingerprint density at radius 3 is 2.86 bits per heavy atom. The van der Waals surface area contributed by atoms with E-state index >= 15 is 0 Å². The SMILES string of the molecule is Cn1ccnc1COc1ccc(C2CC(=O)Oc3ccc4nsnc4c32)cc1. The maximum absolute atomic E-state index is 12.1. The zero-order valence-corrected chi connectivity index (χ0v) is 15.8. The minimum atomic E-state index is -0.241. The number of benzene rings is 2. The van der Waals surface area contributed by atoms with E-state index in [9.17, 15) is 4.79 Å². The van der Waals surface area contributed by atoms with Gasteiger partial charge < -0.3 is 14.0 Å². The van der Waals surface area contributed by atoms with Gasteiger partial charge in [-0.3, -0.25) is 4.79 Å². The Morgan fingerprint density at radius 2 is 2.07 bits per heavy atom. The fourth-order valence-corrected chi connectivity index (χ4v) is 4.03. The van der Waals surface area contributed by atoms with Crippen LogP contribution in [0.4, 0.5) is 0 Å². The van der Waals surface area contributed by atoms with Crippen LogP contribution in [0.15, 0.2) is 48.8 Å². The number of esters is 1. The molecule has 1 atom stereocenters. The van der Waals surface area contributed by atoms with Gasteiger partial charge in [0, 0.05) is 30.9 Å². The second kappa shape index (κ2) is 6.72. The number of rotatable bonds is 4. The zero-order valence-electron chi connectivity index (χ0n) is 15.0. The first-order valence-electron chi connectivity index (χ1n) is 8.84. The Bertz CT molecular complexity index is 1170. The first-order chi connectivity index (χ1) is 13.7. The van der Waals surface area contributed by atoms with E-state index in [1.54, 1.807) is 12.3 Å². The standard InChI is InChI=1S/C20H16N4O3S/c1-24-9-8-21-17(24)11-26-13-4-2-12(3-5-13)14-10-18(25)27-16-7-6-15-20(19(14)16)23-28-22-15/h2-9,14H,10-11H2,1H3. The molecule has 140 valence electrons. The van der Waals surface area contributed by atoms with Crippen molar-refractivity contribution in [2.75, 3.05) is 0 Å². The summed E-state index contributed by atoms with van der Waals surface area (Å²) in [4.78, 5) is 16.4. The van der Waals surface area contributed by atoms with Crippen molar-refractivity contribution in [1.29, 1.82) is 0 Å².